The highest BCUT2D eigenvalue weighted by atomic mass is 16.5. The summed E-state index contributed by atoms with van der Waals surface area (Å²) in [6, 6.07) is 3.45. The fourth-order valence-electron chi connectivity index (χ4n) is 2.23. The van der Waals surface area contributed by atoms with Crippen molar-refractivity contribution in [2.24, 2.45) is 5.73 Å². The molecule has 6 heteroatoms. The molecule has 2 rings (SSSR count). The molecule has 4 N–H and O–H groups in total. The molecular formula is C13H20N4O2. The Bertz CT molecular complexity index is 458. The van der Waals surface area contributed by atoms with Gasteiger partial charge in [0.25, 0.3) is 0 Å². The Balaban J connectivity index is 2.08. The monoisotopic (exact) mass is 264 g/mol. The summed E-state index contributed by atoms with van der Waals surface area (Å²) in [7, 11) is 1.87. The lowest BCUT2D eigenvalue weighted by Crippen LogP contribution is -2.46. The summed E-state index contributed by atoms with van der Waals surface area (Å²) < 4.78 is 5.26. The van der Waals surface area contributed by atoms with Gasteiger partial charge in [-0.15, -0.1) is 0 Å². The number of hydrogen-bond donors (Lipinski definition) is 3. The van der Waals surface area contributed by atoms with Crippen molar-refractivity contribution >= 4 is 11.7 Å². The number of rotatable bonds is 4. The molecule has 0 bridgehead atoms. The number of nitrogen functional groups attached to an aromatic ring is 1. The lowest BCUT2D eigenvalue weighted by Gasteiger charge is -2.35. The maximum atomic E-state index is 10.5. The molecule has 0 amide bonds. The number of nitrogens with zero attached hydrogens (tertiary/aromatic N) is 2. The zero-order chi connectivity index (χ0) is 13.9. The van der Waals surface area contributed by atoms with Crippen LogP contribution in [0.2, 0.25) is 0 Å². The first-order chi connectivity index (χ1) is 9.00. The fraction of sp³-hybridized carbons (Fsp3) is 0.538. The van der Waals surface area contributed by atoms with E-state index in [0.717, 1.165) is 0 Å². The minimum absolute atomic E-state index is 0.0156. The number of aromatic nitrogens is 1. The zero-order valence-corrected chi connectivity index (χ0v) is 11.1. The van der Waals surface area contributed by atoms with Crippen LogP contribution in [0.5, 0.6) is 0 Å². The largest absolute Gasteiger partial charge is 0.388 e. The van der Waals surface area contributed by atoms with Crippen LogP contribution in [0.15, 0.2) is 18.3 Å². The molecule has 2 heterocycles. The number of hydrogen-bond acceptors (Lipinski definition) is 5. The molecule has 0 atom stereocenters. The van der Waals surface area contributed by atoms with Crippen molar-refractivity contribution in [2.45, 2.75) is 18.4 Å². The predicted octanol–water partition coefficient (Wildman–Crippen LogP) is 0.343. The van der Waals surface area contributed by atoms with Crippen LogP contribution < -0.4 is 10.6 Å². The Kier molecular flexibility index (Phi) is 4.01. The van der Waals surface area contributed by atoms with Crippen molar-refractivity contribution in [3.8, 4) is 0 Å². The van der Waals surface area contributed by atoms with Crippen LogP contribution in [0.4, 0.5) is 5.82 Å². The number of ether oxygens (including phenoxy) is 1. The number of likely N-dealkylation sites (N-methyl/N-ethyl adjacent to an activating group) is 1. The van der Waals surface area contributed by atoms with Crippen molar-refractivity contribution in [3.05, 3.63) is 23.9 Å². The summed E-state index contributed by atoms with van der Waals surface area (Å²) in [5.41, 5.74) is 5.36. The molecule has 1 fully saturated rings. The van der Waals surface area contributed by atoms with E-state index in [9.17, 15) is 5.11 Å². The molecule has 0 unspecified atom stereocenters. The second-order valence-corrected chi connectivity index (χ2v) is 5.01. The summed E-state index contributed by atoms with van der Waals surface area (Å²) in [6.45, 7) is 1.67. The third-order valence-corrected chi connectivity index (χ3v) is 3.40. The van der Waals surface area contributed by atoms with Gasteiger partial charge in [0.2, 0.25) is 0 Å². The molecule has 0 radical (unpaired) electrons. The highest BCUT2D eigenvalue weighted by molar-refractivity contribution is 5.95. The van der Waals surface area contributed by atoms with Crippen LogP contribution in [0, 0.1) is 5.41 Å². The molecule has 1 aliphatic heterocycles. The fourth-order valence-corrected chi connectivity index (χ4v) is 2.23. The molecular weight excluding hydrogens is 244 g/mol. The van der Waals surface area contributed by atoms with Gasteiger partial charge in [-0.05, 0) is 12.1 Å². The SMILES string of the molecule is CN(CC1(O)CCOCC1)c1cc(C(=N)N)ccn1. The van der Waals surface area contributed by atoms with Crippen molar-refractivity contribution in [2.75, 3.05) is 31.7 Å². The minimum atomic E-state index is -0.735. The van der Waals surface area contributed by atoms with Gasteiger partial charge >= 0.3 is 0 Å². The number of nitrogens with one attached hydrogen (secondary N) is 1. The maximum Gasteiger partial charge on any atom is 0.129 e. The summed E-state index contributed by atoms with van der Waals surface area (Å²) in [5.74, 6) is 0.717. The van der Waals surface area contributed by atoms with Crippen LogP contribution in [0.25, 0.3) is 0 Å². The molecule has 1 aromatic heterocycles. The van der Waals surface area contributed by atoms with Crippen molar-refractivity contribution < 1.29 is 9.84 Å². The second-order valence-electron chi connectivity index (χ2n) is 5.01. The van der Waals surface area contributed by atoms with E-state index in [4.69, 9.17) is 15.9 Å². The molecule has 0 saturated carbocycles. The van der Waals surface area contributed by atoms with Gasteiger partial charge in [0.15, 0.2) is 0 Å². The summed E-state index contributed by atoms with van der Waals surface area (Å²) in [4.78, 5) is 6.14. The smallest absolute Gasteiger partial charge is 0.129 e. The van der Waals surface area contributed by atoms with E-state index in [-0.39, 0.29) is 5.84 Å². The first kappa shape index (κ1) is 13.8. The van der Waals surface area contributed by atoms with E-state index in [1.165, 1.54) is 0 Å². The molecule has 1 saturated heterocycles. The number of aliphatic hydroxyl groups is 1. The molecule has 104 valence electrons. The van der Waals surface area contributed by atoms with Gasteiger partial charge in [-0.3, -0.25) is 5.41 Å². The Hall–Kier alpha value is -1.66. The molecule has 6 nitrogen and oxygen atoms in total. The highest BCUT2D eigenvalue weighted by Gasteiger charge is 2.31. The lowest BCUT2D eigenvalue weighted by molar-refractivity contribution is -0.0573. The van der Waals surface area contributed by atoms with E-state index in [1.807, 2.05) is 11.9 Å². The molecule has 19 heavy (non-hydrogen) atoms. The first-order valence-corrected chi connectivity index (χ1v) is 6.32. The second kappa shape index (κ2) is 5.54. The summed E-state index contributed by atoms with van der Waals surface area (Å²) >= 11 is 0. The van der Waals surface area contributed by atoms with Crippen LogP contribution in [-0.2, 0) is 4.74 Å². The quantitative estimate of drug-likeness (QED) is 0.538. The Morgan fingerprint density at radius 1 is 1.58 bits per heavy atom. The minimum Gasteiger partial charge on any atom is -0.388 e. The average molecular weight is 264 g/mol. The van der Waals surface area contributed by atoms with Crippen molar-refractivity contribution in [3.63, 3.8) is 0 Å². The van der Waals surface area contributed by atoms with Gasteiger partial charge in [0, 0.05) is 51.4 Å². The highest BCUT2D eigenvalue weighted by Crippen LogP contribution is 2.23. The van der Waals surface area contributed by atoms with Crippen LogP contribution >= 0.6 is 0 Å². The summed E-state index contributed by atoms with van der Waals surface area (Å²) in [5, 5.41) is 17.9. The molecule has 1 aliphatic rings. The van der Waals surface area contributed by atoms with Crippen LogP contribution in [-0.4, -0.2) is 48.3 Å². The third-order valence-electron chi connectivity index (χ3n) is 3.40. The molecule has 0 spiro atoms. The number of pyridine rings is 1. The summed E-state index contributed by atoms with van der Waals surface area (Å²) in [6.07, 6.45) is 2.88. The van der Waals surface area contributed by atoms with Gasteiger partial charge in [-0.25, -0.2) is 4.98 Å². The van der Waals surface area contributed by atoms with Crippen LogP contribution in [0.3, 0.4) is 0 Å². The van der Waals surface area contributed by atoms with Gasteiger partial charge in [0.05, 0.1) is 5.60 Å². The van der Waals surface area contributed by atoms with E-state index in [0.29, 0.717) is 44.0 Å². The number of nitrogens with two attached hydrogens (primary N) is 1. The predicted molar refractivity (Wildman–Crippen MR) is 73.5 cm³/mol. The van der Waals surface area contributed by atoms with E-state index < -0.39 is 5.60 Å². The molecule has 1 aromatic rings. The number of anilines is 1. The average Bonchev–Trinajstić information content (AvgIpc) is 2.39. The van der Waals surface area contributed by atoms with E-state index in [2.05, 4.69) is 4.98 Å². The molecule has 0 aliphatic carbocycles. The van der Waals surface area contributed by atoms with Crippen molar-refractivity contribution in [1.29, 1.82) is 5.41 Å². The Morgan fingerprint density at radius 3 is 2.89 bits per heavy atom. The lowest BCUT2D eigenvalue weighted by atomic mass is 9.94. The van der Waals surface area contributed by atoms with Gasteiger partial charge in [-0.2, -0.15) is 0 Å². The Labute approximate surface area is 112 Å². The van der Waals surface area contributed by atoms with Gasteiger partial charge in [0.1, 0.15) is 11.7 Å². The topological polar surface area (TPSA) is 95.5 Å². The van der Waals surface area contributed by atoms with Gasteiger partial charge < -0.3 is 20.5 Å². The first-order valence-electron chi connectivity index (χ1n) is 6.32. The van der Waals surface area contributed by atoms with Crippen molar-refractivity contribution in [1.82, 2.24) is 4.98 Å². The van der Waals surface area contributed by atoms with Crippen LogP contribution in [0.1, 0.15) is 18.4 Å². The zero-order valence-electron chi connectivity index (χ0n) is 11.1. The Morgan fingerprint density at radius 2 is 2.26 bits per heavy atom. The standard InChI is InChI=1S/C13H20N4O2/c1-17(9-13(18)3-6-19-7-4-13)11-8-10(12(14)15)2-5-16-11/h2,5,8,18H,3-4,6-7,9H2,1H3,(H3,14,15). The maximum absolute atomic E-state index is 10.5. The van der Waals surface area contributed by atoms with Gasteiger partial charge in [-0.1, -0.05) is 0 Å². The third kappa shape index (κ3) is 3.42. The molecule has 0 aromatic carbocycles. The van der Waals surface area contributed by atoms with E-state index in [1.54, 1.807) is 18.3 Å². The normalized spacial score (nSPS) is 18.0. The van der Waals surface area contributed by atoms with E-state index >= 15 is 0 Å². The number of amidine groups is 1.